The molecule has 5 rings (SSSR count). The smallest absolute Gasteiger partial charge is 0.306 e. The molecule has 0 spiro atoms. The Labute approximate surface area is 241 Å². The first kappa shape index (κ1) is 28.9. The Bertz CT molecular complexity index is 1420. The molecular formula is C34H39FO6. The van der Waals surface area contributed by atoms with E-state index in [1.165, 1.54) is 7.11 Å². The van der Waals surface area contributed by atoms with E-state index in [0.717, 1.165) is 45.6 Å². The molecule has 1 aliphatic carbocycles. The fraction of sp³-hybridized carbons (Fsp3) is 0.441. The molecule has 0 saturated heterocycles. The van der Waals surface area contributed by atoms with Crippen LogP contribution < -0.4 is 14.2 Å². The highest BCUT2D eigenvalue weighted by Gasteiger charge is 2.32. The minimum absolute atomic E-state index is 0.0428. The van der Waals surface area contributed by atoms with Gasteiger partial charge in [-0.2, -0.15) is 0 Å². The minimum Gasteiger partial charge on any atom is -0.493 e. The van der Waals surface area contributed by atoms with Gasteiger partial charge in [0.1, 0.15) is 29.2 Å². The maximum Gasteiger partial charge on any atom is 0.306 e. The molecule has 0 bridgehead atoms. The van der Waals surface area contributed by atoms with Gasteiger partial charge in [0, 0.05) is 35.6 Å². The lowest BCUT2D eigenvalue weighted by Gasteiger charge is -2.24. The number of esters is 1. The Balaban J connectivity index is 1.37. The van der Waals surface area contributed by atoms with Crippen LogP contribution in [0.25, 0.3) is 11.1 Å². The number of rotatable bonds is 10. The van der Waals surface area contributed by atoms with Crippen LogP contribution in [0.2, 0.25) is 0 Å². The second-order valence-electron chi connectivity index (χ2n) is 11.9. The Morgan fingerprint density at radius 1 is 1.02 bits per heavy atom. The van der Waals surface area contributed by atoms with Crippen molar-refractivity contribution in [3.05, 3.63) is 76.1 Å². The van der Waals surface area contributed by atoms with Crippen LogP contribution in [0.4, 0.5) is 4.39 Å². The molecule has 0 radical (unpaired) electrons. The van der Waals surface area contributed by atoms with E-state index in [0.29, 0.717) is 43.3 Å². The summed E-state index contributed by atoms with van der Waals surface area (Å²) in [5.74, 6) is 1.58. The maximum absolute atomic E-state index is 15.3. The summed E-state index contributed by atoms with van der Waals surface area (Å²) >= 11 is 0. The summed E-state index contributed by atoms with van der Waals surface area (Å²) in [5.41, 5.74) is 6.78. The Kier molecular flexibility index (Phi) is 8.28. The van der Waals surface area contributed by atoms with Gasteiger partial charge in [0.2, 0.25) is 0 Å². The van der Waals surface area contributed by atoms with Gasteiger partial charge in [-0.15, -0.1) is 0 Å². The second-order valence-corrected chi connectivity index (χ2v) is 11.9. The first-order valence-corrected chi connectivity index (χ1v) is 14.1. The van der Waals surface area contributed by atoms with Gasteiger partial charge in [-0.05, 0) is 78.8 Å². The summed E-state index contributed by atoms with van der Waals surface area (Å²) in [6.07, 6.45) is 1.27. The van der Waals surface area contributed by atoms with Gasteiger partial charge >= 0.3 is 5.97 Å². The molecule has 1 aliphatic heterocycles. The SMILES string of the molecule is COCC(C)(C)COc1cc(C)c(-c2ccc(F)c3c2CCC3Oc2ccc3c(c2)OCC3CC(=O)OC)c(C)c1. The molecule has 2 aliphatic rings. The fourth-order valence-corrected chi connectivity index (χ4v) is 6.12. The summed E-state index contributed by atoms with van der Waals surface area (Å²) in [6, 6.07) is 13.2. The molecule has 0 N–H and O–H groups in total. The molecule has 1 heterocycles. The monoisotopic (exact) mass is 562 g/mol. The number of methoxy groups -OCH3 is 2. The van der Waals surface area contributed by atoms with E-state index in [9.17, 15) is 4.79 Å². The molecule has 3 aromatic rings. The van der Waals surface area contributed by atoms with Crippen molar-refractivity contribution in [2.45, 2.75) is 59.0 Å². The van der Waals surface area contributed by atoms with Crippen molar-refractivity contribution in [2.75, 3.05) is 34.0 Å². The lowest BCUT2D eigenvalue weighted by molar-refractivity contribution is -0.141. The van der Waals surface area contributed by atoms with Gasteiger partial charge in [0.25, 0.3) is 0 Å². The van der Waals surface area contributed by atoms with Crippen molar-refractivity contribution in [1.29, 1.82) is 0 Å². The van der Waals surface area contributed by atoms with Gasteiger partial charge < -0.3 is 23.7 Å². The molecule has 3 aromatic carbocycles. The third-order valence-electron chi connectivity index (χ3n) is 8.01. The van der Waals surface area contributed by atoms with Gasteiger partial charge in [0.05, 0.1) is 33.4 Å². The number of carbonyl (C=O) groups excluding carboxylic acids is 1. The van der Waals surface area contributed by atoms with Crippen LogP contribution in [0.15, 0.2) is 42.5 Å². The topological polar surface area (TPSA) is 63.2 Å². The molecule has 0 amide bonds. The quantitative estimate of drug-likeness (QED) is 0.242. The van der Waals surface area contributed by atoms with Gasteiger partial charge in [-0.1, -0.05) is 26.0 Å². The van der Waals surface area contributed by atoms with Crippen molar-refractivity contribution in [3.8, 4) is 28.4 Å². The number of halogens is 1. The number of ether oxygens (including phenoxy) is 5. The summed E-state index contributed by atoms with van der Waals surface area (Å²) in [5, 5.41) is 0. The Morgan fingerprint density at radius 2 is 1.78 bits per heavy atom. The number of aryl methyl sites for hydroxylation is 2. The number of hydrogen-bond donors (Lipinski definition) is 0. The zero-order valence-electron chi connectivity index (χ0n) is 24.8. The minimum atomic E-state index is -0.401. The van der Waals surface area contributed by atoms with Crippen molar-refractivity contribution < 1.29 is 32.9 Å². The lowest BCUT2D eigenvalue weighted by Crippen LogP contribution is -2.26. The zero-order valence-corrected chi connectivity index (χ0v) is 24.8. The highest BCUT2D eigenvalue weighted by atomic mass is 19.1. The van der Waals surface area contributed by atoms with Crippen LogP contribution in [0.3, 0.4) is 0 Å². The summed E-state index contributed by atoms with van der Waals surface area (Å²) in [6.45, 7) is 9.96. The third-order valence-corrected chi connectivity index (χ3v) is 8.01. The fourth-order valence-electron chi connectivity index (χ4n) is 6.12. The molecule has 0 fully saturated rings. The molecule has 2 atom stereocenters. The molecule has 6 nitrogen and oxygen atoms in total. The highest BCUT2D eigenvalue weighted by Crippen LogP contribution is 2.45. The molecule has 0 saturated carbocycles. The van der Waals surface area contributed by atoms with Gasteiger partial charge in [-0.25, -0.2) is 4.39 Å². The van der Waals surface area contributed by atoms with E-state index in [4.69, 9.17) is 23.7 Å². The first-order valence-electron chi connectivity index (χ1n) is 14.1. The van der Waals surface area contributed by atoms with Crippen molar-refractivity contribution in [3.63, 3.8) is 0 Å². The predicted molar refractivity (Wildman–Crippen MR) is 155 cm³/mol. The normalized spacial score (nSPS) is 17.5. The van der Waals surface area contributed by atoms with E-state index < -0.39 is 6.10 Å². The van der Waals surface area contributed by atoms with Crippen LogP contribution in [0.5, 0.6) is 17.2 Å². The van der Waals surface area contributed by atoms with Crippen LogP contribution in [0, 0.1) is 25.1 Å². The van der Waals surface area contributed by atoms with Crippen molar-refractivity contribution in [1.82, 2.24) is 0 Å². The highest BCUT2D eigenvalue weighted by molar-refractivity contribution is 5.76. The zero-order chi connectivity index (χ0) is 29.3. The summed E-state index contributed by atoms with van der Waals surface area (Å²) in [4.78, 5) is 11.8. The maximum atomic E-state index is 15.3. The first-order chi connectivity index (χ1) is 19.6. The lowest BCUT2D eigenvalue weighted by atomic mass is 9.90. The van der Waals surface area contributed by atoms with E-state index in [1.54, 1.807) is 13.2 Å². The number of fused-ring (bicyclic) bond motifs is 2. The van der Waals surface area contributed by atoms with Crippen LogP contribution in [0.1, 0.15) is 66.5 Å². The molecule has 41 heavy (non-hydrogen) atoms. The van der Waals surface area contributed by atoms with Crippen LogP contribution in [-0.4, -0.2) is 40.0 Å². The molecule has 7 heteroatoms. The van der Waals surface area contributed by atoms with E-state index in [2.05, 4.69) is 39.8 Å². The largest absolute Gasteiger partial charge is 0.493 e. The van der Waals surface area contributed by atoms with Crippen molar-refractivity contribution >= 4 is 5.97 Å². The second kappa shape index (κ2) is 11.7. The number of hydrogen-bond acceptors (Lipinski definition) is 6. The van der Waals surface area contributed by atoms with Crippen LogP contribution >= 0.6 is 0 Å². The van der Waals surface area contributed by atoms with Gasteiger partial charge in [0.15, 0.2) is 0 Å². The average Bonchev–Trinajstić information content (AvgIpc) is 3.53. The van der Waals surface area contributed by atoms with E-state index in [1.807, 2.05) is 24.3 Å². The van der Waals surface area contributed by atoms with Crippen molar-refractivity contribution in [2.24, 2.45) is 5.41 Å². The Hall–Kier alpha value is -3.58. The van der Waals surface area contributed by atoms with Crippen LogP contribution in [-0.2, 0) is 20.7 Å². The standard InChI is InChI=1S/C34H39FO6/c1-20-13-24(40-19-34(3,4)18-37-5)14-21(2)32(20)26-9-11-28(35)33-27(26)10-12-29(33)41-23-7-8-25-22(15-31(36)38-6)17-39-30(25)16-23/h7-9,11,13-14,16,22,29H,10,12,15,17-19H2,1-6H3. The molecule has 0 aromatic heterocycles. The Morgan fingerprint density at radius 3 is 2.49 bits per heavy atom. The van der Waals surface area contributed by atoms with Gasteiger partial charge in [-0.3, -0.25) is 4.79 Å². The summed E-state index contributed by atoms with van der Waals surface area (Å²) in [7, 11) is 3.09. The average molecular weight is 563 g/mol. The number of carbonyl (C=O) groups is 1. The summed E-state index contributed by atoms with van der Waals surface area (Å²) < 4.78 is 43.8. The molecule has 2 unspecified atom stereocenters. The molecule has 218 valence electrons. The van der Waals surface area contributed by atoms with E-state index in [-0.39, 0.29) is 29.5 Å². The number of benzene rings is 3. The van der Waals surface area contributed by atoms with E-state index >= 15 is 4.39 Å². The molecular weight excluding hydrogens is 523 g/mol. The predicted octanol–water partition coefficient (Wildman–Crippen LogP) is 7.27. The third kappa shape index (κ3) is 6.05.